The molecular weight excluding hydrogens is 303 g/mol. The van der Waals surface area contributed by atoms with E-state index in [2.05, 4.69) is 32.9 Å². The van der Waals surface area contributed by atoms with Crippen molar-refractivity contribution in [2.24, 2.45) is 0 Å². The first-order valence-electron chi connectivity index (χ1n) is 5.09. The lowest BCUT2D eigenvalue weighted by Gasteiger charge is -2.03. The molecule has 1 rings (SSSR count). The average Bonchev–Trinajstić information content (AvgIpc) is 2.30. The number of aromatic nitrogens is 1. The molecule has 0 fully saturated rings. The highest BCUT2D eigenvalue weighted by Crippen LogP contribution is 1.99. The third kappa shape index (κ3) is 5.11. The number of unbranched alkanes of at least 4 members (excludes halogenated alkanes) is 2. The second kappa shape index (κ2) is 7.62. The van der Waals surface area contributed by atoms with E-state index < -0.39 is 0 Å². The van der Waals surface area contributed by atoms with E-state index in [-0.39, 0.29) is 5.91 Å². The lowest BCUT2D eigenvalue weighted by atomic mass is 10.2. The highest BCUT2D eigenvalue weighted by Gasteiger charge is 2.02. The molecule has 1 amide bonds. The number of carbonyl (C=O) groups is 1. The number of nitrogens with one attached hydrogen (secondary N) is 1. The summed E-state index contributed by atoms with van der Waals surface area (Å²) in [6.07, 6.45) is 6.72. The molecule has 0 saturated heterocycles. The van der Waals surface area contributed by atoms with Gasteiger partial charge in [-0.2, -0.15) is 0 Å². The van der Waals surface area contributed by atoms with Gasteiger partial charge in [0.05, 0.1) is 0 Å². The van der Waals surface area contributed by atoms with Gasteiger partial charge in [0.15, 0.2) is 0 Å². The molecule has 4 heteroatoms. The SMILES string of the molecule is O=C(NCCCCCI)c1ccncc1. The molecule has 15 heavy (non-hydrogen) atoms. The predicted octanol–water partition coefficient (Wildman–Crippen LogP) is 2.42. The smallest absolute Gasteiger partial charge is 0.251 e. The van der Waals surface area contributed by atoms with E-state index in [0.29, 0.717) is 5.56 Å². The number of hydrogen-bond donors (Lipinski definition) is 1. The molecule has 0 aliphatic carbocycles. The molecule has 1 aromatic heterocycles. The van der Waals surface area contributed by atoms with Crippen LogP contribution in [0.2, 0.25) is 0 Å². The Morgan fingerprint density at radius 2 is 2.00 bits per heavy atom. The fraction of sp³-hybridized carbons (Fsp3) is 0.455. The van der Waals surface area contributed by atoms with Gasteiger partial charge in [-0.25, -0.2) is 0 Å². The summed E-state index contributed by atoms with van der Waals surface area (Å²) in [7, 11) is 0. The topological polar surface area (TPSA) is 42.0 Å². The fourth-order valence-electron chi connectivity index (χ4n) is 1.20. The maximum atomic E-state index is 11.5. The summed E-state index contributed by atoms with van der Waals surface area (Å²) in [5.74, 6) is -0.00752. The summed E-state index contributed by atoms with van der Waals surface area (Å²) < 4.78 is 1.19. The molecule has 1 aromatic rings. The Labute approximate surface area is 104 Å². The maximum Gasteiger partial charge on any atom is 0.251 e. The van der Waals surface area contributed by atoms with Crippen LogP contribution in [0.25, 0.3) is 0 Å². The van der Waals surface area contributed by atoms with E-state index in [1.54, 1.807) is 24.5 Å². The lowest BCUT2D eigenvalue weighted by molar-refractivity contribution is 0.0953. The summed E-state index contributed by atoms with van der Waals surface area (Å²) in [5.41, 5.74) is 0.680. The van der Waals surface area contributed by atoms with Gasteiger partial charge in [-0.05, 0) is 29.4 Å². The van der Waals surface area contributed by atoms with Crippen molar-refractivity contribution >= 4 is 28.5 Å². The minimum absolute atomic E-state index is 0.00752. The van der Waals surface area contributed by atoms with Crippen molar-refractivity contribution in [1.82, 2.24) is 10.3 Å². The van der Waals surface area contributed by atoms with Crippen LogP contribution in [0.1, 0.15) is 29.6 Å². The van der Waals surface area contributed by atoms with Gasteiger partial charge < -0.3 is 5.32 Å². The summed E-state index contributed by atoms with van der Waals surface area (Å²) in [5, 5.41) is 2.89. The number of pyridine rings is 1. The zero-order valence-electron chi connectivity index (χ0n) is 8.58. The number of nitrogens with zero attached hydrogens (tertiary/aromatic N) is 1. The minimum atomic E-state index is -0.00752. The van der Waals surface area contributed by atoms with Crippen LogP contribution >= 0.6 is 22.6 Å². The van der Waals surface area contributed by atoms with Gasteiger partial charge in [0.25, 0.3) is 5.91 Å². The van der Waals surface area contributed by atoms with Gasteiger partial charge in [0.2, 0.25) is 0 Å². The van der Waals surface area contributed by atoms with Gasteiger partial charge in [0.1, 0.15) is 0 Å². The first-order chi connectivity index (χ1) is 7.34. The van der Waals surface area contributed by atoms with Crippen LogP contribution in [0, 0.1) is 0 Å². The van der Waals surface area contributed by atoms with Crippen LogP contribution in [-0.4, -0.2) is 21.9 Å². The number of carbonyl (C=O) groups excluding carboxylic acids is 1. The maximum absolute atomic E-state index is 11.5. The number of hydrogen-bond acceptors (Lipinski definition) is 2. The van der Waals surface area contributed by atoms with E-state index >= 15 is 0 Å². The van der Waals surface area contributed by atoms with Gasteiger partial charge in [0, 0.05) is 24.5 Å². The van der Waals surface area contributed by atoms with Crippen molar-refractivity contribution in [2.45, 2.75) is 19.3 Å². The van der Waals surface area contributed by atoms with Crippen LogP contribution in [0.3, 0.4) is 0 Å². The second-order valence-corrected chi connectivity index (χ2v) is 4.32. The quantitative estimate of drug-likeness (QED) is 0.497. The lowest BCUT2D eigenvalue weighted by Crippen LogP contribution is -2.24. The Bertz CT molecular complexity index is 290. The highest BCUT2D eigenvalue weighted by molar-refractivity contribution is 14.1. The van der Waals surface area contributed by atoms with Crippen LogP contribution < -0.4 is 5.32 Å². The second-order valence-electron chi connectivity index (χ2n) is 3.24. The van der Waals surface area contributed by atoms with Gasteiger partial charge in [-0.15, -0.1) is 0 Å². The van der Waals surface area contributed by atoms with Crippen LogP contribution in [0.4, 0.5) is 0 Å². The van der Waals surface area contributed by atoms with Crippen LogP contribution in [0.5, 0.6) is 0 Å². The van der Waals surface area contributed by atoms with E-state index in [0.717, 1.165) is 13.0 Å². The Kier molecular flexibility index (Phi) is 6.31. The predicted molar refractivity (Wildman–Crippen MR) is 69.3 cm³/mol. The number of halogens is 1. The minimum Gasteiger partial charge on any atom is -0.352 e. The van der Waals surface area contributed by atoms with Crippen molar-refractivity contribution in [3.8, 4) is 0 Å². The monoisotopic (exact) mass is 318 g/mol. The molecule has 0 saturated carbocycles. The number of rotatable bonds is 6. The van der Waals surface area contributed by atoms with E-state index in [9.17, 15) is 4.79 Å². The van der Waals surface area contributed by atoms with Gasteiger partial charge in [-0.1, -0.05) is 29.0 Å². The molecule has 0 aliphatic rings. The van der Waals surface area contributed by atoms with Crippen molar-refractivity contribution in [3.05, 3.63) is 30.1 Å². The standard InChI is InChI=1S/C11H15IN2O/c12-6-2-1-3-7-14-11(15)10-4-8-13-9-5-10/h4-5,8-9H,1-3,6-7H2,(H,14,15). The molecule has 0 unspecified atom stereocenters. The zero-order valence-corrected chi connectivity index (χ0v) is 10.7. The molecule has 0 atom stereocenters. The molecule has 3 nitrogen and oxygen atoms in total. The number of alkyl halides is 1. The molecule has 0 bridgehead atoms. The molecule has 1 heterocycles. The zero-order chi connectivity index (χ0) is 10.9. The van der Waals surface area contributed by atoms with Crippen molar-refractivity contribution in [1.29, 1.82) is 0 Å². The third-order valence-electron chi connectivity index (χ3n) is 2.04. The molecule has 1 N–H and O–H groups in total. The Balaban J connectivity index is 2.20. The fourth-order valence-corrected chi connectivity index (χ4v) is 1.74. The van der Waals surface area contributed by atoms with Crippen LogP contribution in [-0.2, 0) is 0 Å². The van der Waals surface area contributed by atoms with Crippen molar-refractivity contribution < 1.29 is 4.79 Å². The van der Waals surface area contributed by atoms with E-state index in [1.165, 1.54) is 17.3 Å². The molecule has 0 aromatic carbocycles. The van der Waals surface area contributed by atoms with Crippen molar-refractivity contribution in [2.75, 3.05) is 11.0 Å². The molecular formula is C11H15IN2O. The molecule has 82 valence electrons. The summed E-state index contributed by atoms with van der Waals surface area (Å²) in [6.45, 7) is 0.762. The summed E-state index contributed by atoms with van der Waals surface area (Å²) in [6, 6.07) is 3.44. The Morgan fingerprint density at radius 3 is 2.67 bits per heavy atom. The average molecular weight is 318 g/mol. The van der Waals surface area contributed by atoms with E-state index in [4.69, 9.17) is 0 Å². The first-order valence-corrected chi connectivity index (χ1v) is 6.61. The molecule has 0 aliphatic heterocycles. The normalized spacial score (nSPS) is 9.93. The Morgan fingerprint density at radius 1 is 1.27 bits per heavy atom. The van der Waals surface area contributed by atoms with Gasteiger partial charge in [-0.3, -0.25) is 9.78 Å². The number of amides is 1. The van der Waals surface area contributed by atoms with Crippen molar-refractivity contribution in [3.63, 3.8) is 0 Å². The van der Waals surface area contributed by atoms with E-state index in [1.807, 2.05) is 0 Å². The summed E-state index contributed by atoms with van der Waals surface area (Å²) in [4.78, 5) is 15.4. The highest BCUT2D eigenvalue weighted by atomic mass is 127. The summed E-state index contributed by atoms with van der Waals surface area (Å²) >= 11 is 2.37. The van der Waals surface area contributed by atoms with Crippen LogP contribution in [0.15, 0.2) is 24.5 Å². The molecule has 0 radical (unpaired) electrons. The first kappa shape index (κ1) is 12.4. The largest absolute Gasteiger partial charge is 0.352 e. The third-order valence-corrected chi connectivity index (χ3v) is 2.80. The molecule has 0 spiro atoms. The van der Waals surface area contributed by atoms with Gasteiger partial charge >= 0.3 is 0 Å². The Hall–Kier alpha value is -0.650.